The Morgan fingerprint density at radius 2 is 2.22 bits per heavy atom. The molecule has 2 heterocycles. The molecule has 1 unspecified atom stereocenters. The zero-order chi connectivity index (χ0) is 13.2. The highest BCUT2D eigenvalue weighted by Gasteiger charge is 2.44. The van der Waals surface area contributed by atoms with E-state index in [0.29, 0.717) is 12.5 Å². The van der Waals surface area contributed by atoms with E-state index < -0.39 is 0 Å². The maximum Gasteiger partial charge on any atom is 0.230 e. The van der Waals surface area contributed by atoms with Crippen LogP contribution in [0.15, 0.2) is 0 Å². The molecule has 2 rings (SSSR count). The SMILES string of the molecule is CCCC1(C(=O)N2CCOC(C)(C)C2)CCNC1. The Bertz CT molecular complexity index is 309. The molecule has 0 aromatic rings. The van der Waals surface area contributed by atoms with Crippen LogP contribution in [0.1, 0.15) is 40.0 Å². The Labute approximate surface area is 110 Å². The molecule has 0 bridgehead atoms. The second-order valence-corrected chi connectivity index (χ2v) is 6.29. The minimum Gasteiger partial charge on any atom is -0.372 e. The van der Waals surface area contributed by atoms with Gasteiger partial charge in [0.2, 0.25) is 5.91 Å². The lowest BCUT2D eigenvalue weighted by molar-refractivity contribution is -0.155. The summed E-state index contributed by atoms with van der Waals surface area (Å²) in [5.74, 6) is 0.339. The van der Waals surface area contributed by atoms with Crippen LogP contribution in [0.3, 0.4) is 0 Å². The van der Waals surface area contributed by atoms with Crippen molar-refractivity contribution in [2.24, 2.45) is 5.41 Å². The molecular weight excluding hydrogens is 228 g/mol. The van der Waals surface area contributed by atoms with E-state index in [1.54, 1.807) is 0 Å². The summed E-state index contributed by atoms with van der Waals surface area (Å²) in [6.45, 7) is 10.2. The fourth-order valence-corrected chi connectivity index (χ4v) is 3.25. The Morgan fingerprint density at radius 3 is 2.78 bits per heavy atom. The van der Waals surface area contributed by atoms with Gasteiger partial charge in [-0.25, -0.2) is 0 Å². The number of morpholine rings is 1. The van der Waals surface area contributed by atoms with Gasteiger partial charge in [0.05, 0.1) is 17.6 Å². The average Bonchev–Trinajstić information content (AvgIpc) is 2.77. The highest BCUT2D eigenvalue weighted by atomic mass is 16.5. The summed E-state index contributed by atoms with van der Waals surface area (Å²) in [5, 5.41) is 3.36. The number of hydrogen-bond acceptors (Lipinski definition) is 3. The average molecular weight is 254 g/mol. The number of hydrogen-bond donors (Lipinski definition) is 1. The maximum absolute atomic E-state index is 12.8. The fourth-order valence-electron chi connectivity index (χ4n) is 3.25. The molecule has 2 aliphatic rings. The first-order valence-electron chi connectivity index (χ1n) is 7.13. The van der Waals surface area contributed by atoms with Crippen LogP contribution in [0.4, 0.5) is 0 Å². The Kier molecular flexibility index (Phi) is 3.97. The maximum atomic E-state index is 12.8. The lowest BCUT2D eigenvalue weighted by Crippen LogP contribution is -2.55. The van der Waals surface area contributed by atoms with Crippen LogP contribution < -0.4 is 5.32 Å². The molecule has 4 heteroatoms. The quantitative estimate of drug-likeness (QED) is 0.828. The standard InChI is InChI=1S/C14H26N2O2/c1-4-5-14(6-7-15-10-14)12(17)16-8-9-18-13(2,3)11-16/h15H,4-11H2,1-3H3. The molecule has 0 aromatic carbocycles. The van der Waals surface area contributed by atoms with Gasteiger partial charge in [-0.1, -0.05) is 13.3 Å². The normalized spacial score (nSPS) is 31.6. The van der Waals surface area contributed by atoms with E-state index in [2.05, 4.69) is 26.1 Å². The topological polar surface area (TPSA) is 41.6 Å². The van der Waals surface area contributed by atoms with Crippen LogP contribution in [-0.2, 0) is 9.53 Å². The third-order valence-electron chi connectivity index (χ3n) is 4.14. The van der Waals surface area contributed by atoms with E-state index in [4.69, 9.17) is 4.74 Å². The first-order valence-corrected chi connectivity index (χ1v) is 7.13. The summed E-state index contributed by atoms with van der Waals surface area (Å²) in [6.07, 6.45) is 3.05. The summed E-state index contributed by atoms with van der Waals surface area (Å²) >= 11 is 0. The van der Waals surface area contributed by atoms with Crippen molar-refractivity contribution in [2.45, 2.75) is 45.6 Å². The van der Waals surface area contributed by atoms with Crippen molar-refractivity contribution in [3.8, 4) is 0 Å². The molecular formula is C14H26N2O2. The lowest BCUT2D eigenvalue weighted by Gasteiger charge is -2.42. The molecule has 104 valence electrons. The Morgan fingerprint density at radius 1 is 1.44 bits per heavy atom. The lowest BCUT2D eigenvalue weighted by atomic mass is 9.80. The fraction of sp³-hybridized carbons (Fsp3) is 0.929. The van der Waals surface area contributed by atoms with Gasteiger partial charge in [-0.15, -0.1) is 0 Å². The molecule has 2 saturated heterocycles. The molecule has 1 atom stereocenters. The molecule has 2 aliphatic heterocycles. The number of nitrogens with zero attached hydrogens (tertiary/aromatic N) is 1. The van der Waals surface area contributed by atoms with Crippen molar-refractivity contribution >= 4 is 5.91 Å². The van der Waals surface area contributed by atoms with E-state index in [9.17, 15) is 4.79 Å². The molecule has 0 saturated carbocycles. The van der Waals surface area contributed by atoms with Crippen LogP contribution in [0.5, 0.6) is 0 Å². The summed E-state index contributed by atoms with van der Waals surface area (Å²) in [6, 6.07) is 0. The van der Waals surface area contributed by atoms with Gasteiger partial charge in [0.25, 0.3) is 0 Å². The first kappa shape index (κ1) is 13.8. The highest BCUT2D eigenvalue weighted by molar-refractivity contribution is 5.83. The van der Waals surface area contributed by atoms with Crippen molar-refractivity contribution in [2.75, 3.05) is 32.8 Å². The third-order valence-corrected chi connectivity index (χ3v) is 4.14. The van der Waals surface area contributed by atoms with Gasteiger partial charge in [0.1, 0.15) is 0 Å². The zero-order valence-electron chi connectivity index (χ0n) is 11.9. The van der Waals surface area contributed by atoms with Gasteiger partial charge in [-0.2, -0.15) is 0 Å². The third kappa shape index (κ3) is 2.69. The minimum absolute atomic E-state index is 0.151. The second kappa shape index (κ2) is 5.17. The first-order chi connectivity index (χ1) is 8.49. The predicted octanol–water partition coefficient (Wildman–Crippen LogP) is 1.40. The molecule has 0 aromatic heterocycles. The van der Waals surface area contributed by atoms with Crippen LogP contribution >= 0.6 is 0 Å². The molecule has 1 amide bonds. The number of ether oxygens (including phenoxy) is 1. The van der Waals surface area contributed by atoms with Crippen molar-refractivity contribution in [3.63, 3.8) is 0 Å². The van der Waals surface area contributed by atoms with Gasteiger partial charge in [-0.05, 0) is 33.2 Å². The summed E-state index contributed by atoms with van der Waals surface area (Å²) in [5.41, 5.74) is -0.352. The molecule has 18 heavy (non-hydrogen) atoms. The molecule has 4 nitrogen and oxygen atoms in total. The van der Waals surface area contributed by atoms with E-state index in [1.807, 2.05) is 4.90 Å². The number of carbonyl (C=O) groups excluding carboxylic acids is 1. The smallest absolute Gasteiger partial charge is 0.230 e. The van der Waals surface area contributed by atoms with E-state index in [1.165, 1.54) is 0 Å². The second-order valence-electron chi connectivity index (χ2n) is 6.29. The zero-order valence-corrected chi connectivity index (χ0v) is 11.9. The van der Waals surface area contributed by atoms with Crippen LogP contribution in [-0.4, -0.2) is 49.2 Å². The predicted molar refractivity (Wildman–Crippen MR) is 71.4 cm³/mol. The number of amides is 1. The van der Waals surface area contributed by atoms with Gasteiger partial charge in [0.15, 0.2) is 0 Å². The minimum atomic E-state index is -0.201. The molecule has 1 N–H and O–H groups in total. The van der Waals surface area contributed by atoms with E-state index >= 15 is 0 Å². The van der Waals surface area contributed by atoms with Crippen molar-refractivity contribution in [1.29, 1.82) is 0 Å². The Balaban J connectivity index is 2.09. The number of carbonyl (C=O) groups is 1. The molecule has 0 radical (unpaired) electrons. The van der Waals surface area contributed by atoms with Crippen molar-refractivity contribution in [1.82, 2.24) is 10.2 Å². The molecule has 2 fully saturated rings. The van der Waals surface area contributed by atoms with Crippen molar-refractivity contribution < 1.29 is 9.53 Å². The van der Waals surface area contributed by atoms with E-state index in [-0.39, 0.29) is 11.0 Å². The highest BCUT2D eigenvalue weighted by Crippen LogP contribution is 2.34. The summed E-state index contributed by atoms with van der Waals surface area (Å²) < 4.78 is 5.69. The van der Waals surface area contributed by atoms with Crippen LogP contribution in [0, 0.1) is 5.41 Å². The molecule has 0 spiro atoms. The monoisotopic (exact) mass is 254 g/mol. The largest absolute Gasteiger partial charge is 0.372 e. The van der Waals surface area contributed by atoms with Crippen molar-refractivity contribution in [3.05, 3.63) is 0 Å². The van der Waals surface area contributed by atoms with Gasteiger partial charge in [-0.3, -0.25) is 4.79 Å². The van der Waals surface area contributed by atoms with Crippen LogP contribution in [0.25, 0.3) is 0 Å². The number of nitrogens with one attached hydrogen (secondary N) is 1. The number of rotatable bonds is 3. The van der Waals surface area contributed by atoms with Gasteiger partial charge in [0, 0.05) is 19.6 Å². The Hall–Kier alpha value is -0.610. The van der Waals surface area contributed by atoms with E-state index in [0.717, 1.165) is 45.4 Å². The molecule has 0 aliphatic carbocycles. The van der Waals surface area contributed by atoms with Gasteiger partial charge >= 0.3 is 0 Å². The summed E-state index contributed by atoms with van der Waals surface area (Å²) in [4.78, 5) is 14.9. The van der Waals surface area contributed by atoms with Crippen LogP contribution in [0.2, 0.25) is 0 Å². The summed E-state index contributed by atoms with van der Waals surface area (Å²) in [7, 11) is 0. The van der Waals surface area contributed by atoms with Gasteiger partial charge < -0.3 is 15.0 Å².